The summed E-state index contributed by atoms with van der Waals surface area (Å²) in [5, 5.41) is 0. The average molecular weight is 374 g/mol. The summed E-state index contributed by atoms with van der Waals surface area (Å²) in [7, 11) is 0. The number of hydrogen-bond acceptors (Lipinski definition) is 4. The predicted octanol–water partition coefficient (Wildman–Crippen LogP) is 3.54. The Bertz CT molecular complexity index is 506. The summed E-state index contributed by atoms with van der Waals surface area (Å²) in [5.74, 6) is -4.01. The normalized spacial score (nSPS) is 13.0. The summed E-state index contributed by atoms with van der Waals surface area (Å²) >= 11 is 3.26. The summed E-state index contributed by atoms with van der Waals surface area (Å²) in [5.41, 5.74) is 5.92. The summed E-state index contributed by atoms with van der Waals surface area (Å²) in [6.07, 6.45) is -3.78. The number of anilines is 1. The van der Waals surface area contributed by atoms with Crippen LogP contribution in [0.15, 0.2) is 4.47 Å². The Labute approximate surface area is 128 Å². The van der Waals surface area contributed by atoms with E-state index in [1.54, 1.807) is 0 Å². The maximum absolute atomic E-state index is 12.7. The van der Waals surface area contributed by atoms with Crippen molar-refractivity contribution in [1.82, 2.24) is 9.97 Å². The van der Waals surface area contributed by atoms with Gasteiger partial charge in [-0.25, -0.2) is 18.7 Å². The summed E-state index contributed by atoms with van der Waals surface area (Å²) in [6, 6.07) is 0. The van der Waals surface area contributed by atoms with E-state index < -0.39 is 25.6 Å². The zero-order valence-electron chi connectivity index (χ0n) is 11.8. The van der Waals surface area contributed by atoms with Gasteiger partial charge in [-0.2, -0.15) is 8.78 Å². The van der Waals surface area contributed by atoms with Crippen molar-refractivity contribution < 1.29 is 22.3 Å². The van der Waals surface area contributed by atoms with Crippen LogP contribution in [0, 0.1) is 0 Å². The molecule has 0 fully saturated rings. The summed E-state index contributed by atoms with van der Waals surface area (Å²) < 4.78 is 54.5. The molecule has 0 atom stereocenters. The van der Waals surface area contributed by atoms with Crippen LogP contribution in [0.4, 0.5) is 23.4 Å². The van der Waals surface area contributed by atoms with Gasteiger partial charge in [0.15, 0.2) is 5.82 Å². The van der Waals surface area contributed by atoms with E-state index in [4.69, 9.17) is 5.73 Å². The van der Waals surface area contributed by atoms with Crippen molar-refractivity contribution >= 4 is 21.7 Å². The van der Waals surface area contributed by atoms with Crippen LogP contribution in [0.1, 0.15) is 32.3 Å². The Balaban J connectivity index is 2.84. The molecule has 0 bridgehead atoms. The first-order valence-electron chi connectivity index (χ1n) is 6.01. The van der Waals surface area contributed by atoms with E-state index >= 15 is 0 Å². The highest BCUT2D eigenvalue weighted by atomic mass is 79.9. The lowest BCUT2D eigenvalue weighted by Crippen LogP contribution is -2.32. The third kappa shape index (κ3) is 4.77. The fourth-order valence-corrected chi connectivity index (χ4v) is 2.19. The molecule has 21 heavy (non-hydrogen) atoms. The van der Waals surface area contributed by atoms with E-state index in [0.29, 0.717) is 10.2 Å². The third-order valence-corrected chi connectivity index (χ3v) is 3.26. The van der Waals surface area contributed by atoms with Gasteiger partial charge in [0.05, 0.1) is 10.2 Å². The van der Waals surface area contributed by atoms with Gasteiger partial charge in [-0.1, -0.05) is 20.8 Å². The number of nitrogens with zero attached hydrogens (tertiary/aromatic N) is 2. The topological polar surface area (TPSA) is 61.0 Å². The Morgan fingerprint density at radius 2 is 1.81 bits per heavy atom. The molecule has 9 heteroatoms. The van der Waals surface area contributed by atoms with E-state index in [1.165, 1.54) is 0 Å². The molecule has 0 unspecified atom stereocenters. The standard InChI is InChI=1S/C12H16BrF4N3O/c1-11(2,3)8-7(13)9(18)20-6(19-8)4-21-5-12(16,17)10(14)15/h10H,4-5H2,1-3H3,(H2,18,19,20). The van der Waals surface area contributed by atoms with Gasteiger partial charge in [0.1, 0.15) is 19.0 Å². The van der Waals surface area contributed by atoms with Crippen molar-refractivity contribution in [3.8, 4) is 0 Å². The van der Waals surface area contributed by atoms with Crippen molar-refractivity contribution in [2.45, 2.75) is 45.1 Å². The van der Waals surface area contributed by atoms with Crippen LogP contribution in [0.25, 0.3) is 0 Å². The van der Waals surface area contributed by atoms with Crippen LogP contribution in [0.5, 0.6) is 0 Å². The fraction of sp³-hybridized carbons (Fsp3) is 0.667. The van der Waals surface area contributed by atoms with Gasteiger partial charge in [0.2, 0.25) is 0 Å². The van der Waals surface area contributed by atoms with E-state index in [2.05, 4.69) is 30.6 Å². The number of aromatic nitrogens is 2. The van der Waals surface area contributed by atoms with E-state index in [1.807, 2.05) is 20.8 Å². The van der Waals surface area contributed by atoms with Crippen LogP contribution in [0.3, 0.4) is 0 Å². The fourth-order valence-electron chi connectivity index (χ4n) is 1.42. The lowest BCUT2D eigenvalue weighted by Gasteiger charge is -2.21. The molecule has 1 rings (SSSR count). The number of nitrogens with two attached hydrogens (primary N) is 1. The lowest BCUT2D eigenvalue weighted by molar-refractivity contribution is -0.168. The van der Waals surface area contributed by atoms with Crippen LogP contribution in [0.2, 0.25) is 0 Å². The molecule has 1 heterocycles. The van der Waals surface area contributed by atoms with Gasteiger partial charge in [0, 0.05) is 5.41 Å². The number of ether oxygens (including phenoxy) is 1. The highest BCUT2D eigenvalue weighted by Crippen LogP contribution is 2.31. The number of nitrogen functional groups attached to an aromatic ring is 1. The minimum atomic E-state index is -4.20. The molecule has 0 spiro atoms. The molecule has 2 N–H and O–H groups in total. The predicted molar refractivity (Wildman–Crippen MR) is 73.5 cm³/mol. The van der Waals surface area contributed by atoms with Crippen molar-refractivity contribution in [2.24, 2.45) is 0 Å². The van der Waals surface area contributed by atoms with Gasteiger partial charge < -0.3 is 10.5 Å². The molecule has 1 aromatic heterocycles. The third-order valence-electron chi connectivity index (χ3n) is 2.48. The number of rotatable bonds is 5. The molecule has 120 valence electrons. The first-order valence-corrected chi connectivity index (χ1v) is 6.80. The van der Waals surface area contributed by atoms with E-state index in [-0.39, 0.29) is 17.1 Å². The maximum Gasteiger partial charge on any atom is 0.330 e. The summed E-state index contributed by atoms with van der Waals surface area (Å²) in [6.45, 7) is 3.82. The molecular weight excluding hydrogens is 358 g/mol. The first-order chi connectivity index (χ1) is 9.45. The molecule has 0 saturated heterocycles. The second-order valence-corrected chi connectivity index (χ2v) is 6.29. The monoisotopic (exact) mass is 373 g/mol. The minimum absolute atomic E-state index is 0.0608. The molecule has 0 saturated carbocycles. The average Bonchev–Trinajstić information content (AvgIpc) is 2.31. The Kier molecular flexibility index (Phi) is 5.54. The van der Waals surface area contributed by atoms with Crippen molar-refractivity contribution in [2.75, 3.05) is 12.3 Å². The van der Waals surface area contributed by atoms with Crippen molar-refractivity contribution in [3.63, 3.8) is 0 Å². The Hall–Kier alpha value is -0.960. The first kappa shape index (κ1) is 18.1. The Morgan fingerprint density at radius 1 is 1.24 bits per heavy atom. The van der Waals surface area contributed by atoms with Gasteiger partial charge in [-0.05, 0) is 15.9 Å². The van der Waals surface area contributed by atoms with Gasteiger partial charge in [-0.15, -0.1) is 0 Å². The van der Waals surface area contributed by atoms with Crippen LogP contribution < -0.4 is 5.73 Å². The SMILES string of the molecule is CC(C)(C)c1nc(COCC(F)(F)C(F)F)nc(N)c1Br. The zero-order valence-corrected chi connectivity index (χ0v) is 13.3. The maximum atomic E-state index is 12.7. The molecule has 0 radical (unpaired) electrons. The highest BCUT2D eigenvalue weighted by Gasteiger charge is 2.41. The molecule has 4 nitrogen and oxygen atoms in total. The smallest absolute Gasteiger partial charge is 0.330 e. The minimum Gasteiger partial charge on any atom is -0.383 e. The van der Waals surface area contributed by atoms with E-state index in [0.717, 1.165) is 0 Å². The molecule has 0 aromatic carbocycles. The van der Waals surface area contributed by atoms with Gasteiger partial charge >= 0.3 is 12.3 Å². The van der Waals surface area contributed by atoms with Crippen molar-refractivity contribution in [1.29, 1.82) is 0 Å². The van der Waals surface area contributed by atoms with Gasteiger partial charge in [-0.3, -0.25) is 0 Å². The van der Waals surface area contributed by atoms with Crippen molar-refractivity contribution in [3.05, 3.63) is 16.0 Å². The summed E-state index contributed by atoms with van der Waals surface area (Å²) in [4.78, 5) is 8.05. The number of hydrogen-bond donors (Lipinski definition) is 1. The second-order valence-electron chi connectivity index (χ2n) is 5.49. The quantitative estimate of drug-likeness (QED) is 0.801. The largest absolute Gasteiger partial charge is 0.383 e. The Morgan fingerprint density at radius 3 is 2.29 bits per heavy atom. The molecule has 1 aromatic rings. The molecule has 0 aliphatic rings. The number of halogens is 5. The van der Waals surface area contributed by atoms with Crippen LogP contribution in [-0.4, -0.2) is 28.9 Å². The second kappa shape index (κ2) is 6.43. The van der Waals surface area contributed by atoms with Crippen LogP contribution in [-0.2, 0) is 16.8 Å². The number of alkyl halides is 4. The highest BCUT2D eigenvalue weighted by molar-refractivity contribution is 9.10. The zero-order chi connectivity index (χ0) is 16.4. The van der Waals surface area contributed by atoms with Crippen LogP contribution >= 0.6 is 15.9 Å². The van der Waals surface area contributed by atoms with E-state index in [9.17, 15) is 17.6 Å². The lowest BCUT2D eigenvalue weighted by atomic mass is 9.92. The molecular formula is C12H16BrF4N3O. The molecule has 0 aliphatic heterocycles. The molecule has 0 aliphatic carbocycles. The van der Waals surface area contributed by atoms with Gasteiger partial charge in [0.25, 0.3) is 0 Å². The molecule has 0 amide bonds.